The van der Waals surface area contributed by atoms with Gasteiger partial charge in [-0.1, -0.05) is 15.9 Å². The predicted molar refractivity (Wildman–Crippen MR) is 62.7 cm³/mol. The highest BCUT2D eigenvalue weighted by atomic mass is 79.9. The number of carbonyl (C=O) groups is 1. The fourth-order valence-corrected chi connectivity index (χ4v) is 1.54. The van der Waals surface area contributed by atoms with Crippen molar-refractivity contribution in [1.29, 1.82) is 0 Å². The highest BCUT2D eigenvalue weighted by Gasteiger charge is 2.05. The van der Waals surface area contributed by atoms with Gasteiger partial charge < -0.3 is 10.1 Å². The Morgan fingerprint density at radius 3 is 3.06 bits per heavy atom. The van der Waals surface area contributed by atoms with E-state index >= 15 is 0 Å². The summed E-state index contributed by atoms with van der Waals surface area (Å²) < 4.78 is 18.6. The van der Waals surface area contributed by atoms with Crippen LogP contribution in [0.15, 0.2) is 28.9 Å². The Balaban J connectivity index is 2.16. The number of aromatic nitrogens is 2. The summed E-state index contributed by atoms with van der Waals surface area (Å²) in [5, 5.41) is 2.77. The van der Waals surface area contributed by atoms with Crippen molar-refractivity contribution in [3.8, 4) is 6.01 Å². The standard InChI is InChI=1S/C10H7BrFN3O2/c11-6-1-2-8(7(12)3-6)14-9-4-13-10(15-9)17-5-16/h1-5,14H,(H,13,15). The summed E-state index contributed by atoms with van der Waals surface area (Å²) in [6.45, 7) is 0.253. The van der Waals surface area contributed by atoms with E-state index in [2.05, 4.69) is 36.0 Å². The number of hydrogen-bond acceptors (Lipinski definition) is 4. The molecule has 0 amide bonds. The van der Waals surface area contributed by atoms with Crippen LogP contribution in [0.2, 0.25) is 0 Å². The number of benzene rings is 1. The maximum atomic E-state index is 13.5. The number of nitrogens with zero attached hydrogens (tertiary/aromatic N) is 1. The van der Waals surface area contributed by atoms with Gasteiger partial charge in [-0.25, -0.2) is 9.37 Å². The lowest BCUT2D eigenvalue weighted by Crippen LogP contribution is -1.94. The minimum Gasteiger partial charge on any atom is -0.395 e. The second-order valence-electron chi connectivity index (χ2n) is 3.07. The van der Waals surface area contributed by atoms with E-state index in [0.29, 0.717) is 10.3 Å². The van der Waals surface area contributed by atoms with E-state index in [9.17, 15) is 9.18 Å². The molecule has 0 atom stereocenters. The van der Waals surface area contributed by atoms with Crippen molar-refractivity contribution < 1.29 is 13.9 Å². The summed E-state index contributed by atoms with van der Waals surface area (Å²) in [5.74, 6) is 0.00917. The minimum atomic E-state index is -0.410. The van der Waals surface area contributed by atoms with E-state index in [0.717, 1.165) is 0 Å². The van der Waals surface area contributed by atoms with Crippen LogP contribution in [0.1, 0.15) is 0 Å². The average Bonchev–Trinajstić information content (AvgIpc) is 2.71. The van der Waals surface area contributed by atoms with Crippen molar-refractivity contribution in [3.63, 3.8) is 0 Å². The third kappa shape index (κ3) is 2.82. The van der Waals surface area contributed by atoms with Crippen molar-refractivity contribution in [2.45, 2.75) is 0 Å². The first kappa shape index (κ1) is 11.6. The molecule has 7 heteroatoms. The SMILES string of the molecule is O=COc1ncc(Nc2ccc(Br)cc2F)[nH]1. The van der Waals surface area contributed by atoms with Gasteiger partial charge in [-0.15, -0.1) is 0 Å². The molecule has 17 heavy (non-hydrogen) atoms. The number of anilines is 2. The molecule has 0 aliphatic carbocycles. The van der Waals surface area contributed by atoms with E-state index in [1.807, 2.05) is 0 Å². The maximum absolute atomic E-state index is 13.5. The summed E-state index contributed by atoms with van der Waals surface area (Å²) in [6.07, 6.45) is 1.39. The number of imidazole rings is 1. The number of H-pyrrole nitrogens is 1. The van der Waals surface area contributed by atoms with E-state index in [4.69, 9.17) is 0 Å². The Bertz CT molecular complexity index is 544. The van der Waals surface area contributed by atoms with Gasteiger partial charge in [-0.2, -0.15) is 0 Å². The van der Waals surface area contributed by atoms with Crippen LogP contribution in [0, 0.1) is 5.82 Å². The number of carbonyl (C=O) groups excluding carboxylic acids is 1. The predicted octanol–water partition coefficient (Wildman–Crippen LogP) is 2.59. The van der Waals surface area contributed by atoms with Crippen LogP contribution in [0.4, 0.5) is 15.9 Å². The Labute approximate surface area is 104 Å². The summed E-state index contributed by atoms with van der Waals surface area (Å²) >= 11 is 3.16. The molecule has 0 unspecified atom stereocenters. The molecule has 2 aromatic rings. The van der Waals surface area contributed by atoms with Crippen LogP contribution >= 0.6 is 15.9 Å². The van der Waals surface area contributed by atoms with Crippen LogP contribution < -0.4 is 10.1 Å². The molecule has 88 valence electrons. The first-order valence-electron chi connectivity index (χ1n) is 4.56. The van der Waals surface area contributed by atoms with Crippen molar-refractivity contribution in [3.05, 3.63) is 34.7 Å². The fraction of sp³-hybridized carbons (Fsp3) is 0. The van der Waals surface area contributed by atoms with Gasteiger partial charge in [0.25, 0.3) is 0 Å². The molecule has 1 heterocycles. The normalized spacial score (nSPS) is 10.0. The van der Waals surface area contributed by atoms with Gasteiger partial charge in [0.1, 0.15) is 11.6 Å². The van der Waals surface area contributed by atoms with Crippen LogP contribution in [0.3, 0.4) is 0 Å². The van der Waals surface area contributed by atoms with Crippen LogP contribution in [-0.4, -0.2) is 16.4 Å². The monoisotopic (exact) mass is 299 g/mol. The molecule has 2 rings (SSSR count). The van der Waals surface area contributed by atoms with Crippen LogP contribution in [0.25, 0.3) is 0 Å². The molecule has 0 aliphatic heterocycles. The Morgan fingerprint density at radius 2 is 2.35 bits per heavy atom. The highest BCUT2D eigenvalue weighted by molar-refractivity contribution is 9.10. The number of ether oxygens (including phenoxy) is 1. The molecule has 5 nitrogen and oxygen atoms in total. The lowest BCUT2D eigenvalue weighted by Gasteiger charge is -2.04. The van der Waals surface area contributed by atoms with Gasteiger partial charge in [0.2, 0.25) is 0 Å². The van der Waals surface area contributed by atoms with E-state index in [-0.39, 0.29) is 18.2 Å². The zero-order valence-electron chi connectivity index (χ0n) is 8.41. The number of halogens is 2. The van der Waals surface area contributed by atoms with Gasteiger partial charge in [0.05, 0.1) is 11.9 Å². The zero-order chi connectivity index (χ0) is 12.3. The molecule has 0 aliphatic rings. The second-order valence-corrected chi connectivity index (χ2v) is 3.98. The Kier molecular flexibility index (Phi) is 3.38. The zero-order valence-corrected chi connectivity index (χ0v) is 9.99. The largest absolute Gasteiger partial charge is 0.395 e. The summed E-state index contributed by atoms with van der Waals surface area (Å²) in [6, 6.07) is 4.65. The van der Waals surface area contributed by atoms with E-state index in [1.54, 1.807) is 12.1 Å². The molecule has 0 fully saturated rings. The van der Waals surface area contributed by atoms with Crippen molar-refractivity contribution in [1.82, 2.24) is 9.97 Å². The topological polar surface area (TPSA) is 67.0 Å². The molecular formula is C10H7BrFN3O2. The first-order chi connectivity index (χ1) is 8.19. The lowest BCUT2D eigenvalue weighted by atomic mass is 10.3. The van der Waals surface area contributed by atoms with Gasteiger partial charge >= 0.3 is 12.5 Å². The molecule has 1 aromatic carbocycles. The quantitative estimate of drug-likeness (QED) is 0.852. The van der Waals surface area contributed by atoms with Crippen LogP contribution in [0.5, 0.6) is 6.01 Å². The molecular weight excluding hydrogens is 293 g/mol. The smallest absolute Gasteiger partial charge is 0.302 e. The summed E-state index contributed by atoms with van der Waals surface area (Å²) in [7, 11) is 0. The maximum Gasteiger partial charge on any atom is 0.302 e. The molecule has 0 radical (unpaired) electrons. The number of nitrogens with one attached hydrogen (secondary N) is 2. The van der Waals surface area contributed by atoms with Gasteiger partial charge in [0, 0.05) is 4.47 Å². The van der Waals surface area contributed by atoms with Crippen molar-refractivity contribution >= 4 is 33.9 Å². The molecule has 1 aromatic heterocycles. The highest BCUT2D eigenvalue weighted by Crippen LogP contribution is 2.22. The third-order valence-electron chi connectivity index (χ3n) is 1.91. The first-order valence-corrected chi connectivity index (χ1v) is 5.36. The van der Waals surface area contributed by atoms with E-state index in [1.165, 1.54) is 12.3 Å². The summed E-state index contributed by atoms with van der Waals surface area (Å²) in [4.78, 5) is 16.5. The number of aromatic amines is 1. The molecule has 0 saturated carbocycles. The minimum absolute atomic E-state index is 0.0417. The van der Waals surface area contributed by atoms with Gasteiger partial charge in [-0.3, -0.25) is 9.78 Å². The van der Waals surface area contributed by atoms with Crippen molar-refractivity contribution in [2.75, 3.05) is 5.32 Å². The Morgan fingerprint density at radius 1 is 1.53 bits per heavy atom. The van der Waals surface area contributed by atoms with Gasteiger partial charge in [-0.05, 0) is 18.2 Å². The van der Waals surface area contributed by atoms with Crippen molar-refractivity contribution in [2.24, 2.45) is 0 Å². The second kappa shape index (κ2) is 4.96. The van der Waals surface area contributed by atoms with Gasteiger partial charge in [0.15, 0.2) is 0 Å². The fourth-order valence-electron chi connectivity index (χ4n) is 1.21. The summed E-state index contributed by atoms with van der Waals surface area (Å²) in [5.41, 5.74) is 0.287. The molecule has 0 bridgehead atoms. The third-order valence-corrected chi connectivity index (χ3v) is 2.41. The molecule has 2 N–H and O–H groups in total. The Hall–Kier alpha value is -1.89. The lowest BCUT2D eigenvalue weighted by molar-refractivity contribution is -0.121. The molecule has 0 spiro atoms. The molecule has 0 saturated heterocycles. The van der Waals surface area contributed by atoms with E-state index < -0.39 is 5.82 Å². The number of rotatable bonds is 4. The number of hydrogen-bond donors (Lipinski definition) is 2. The van der Waals surface area contributed by atoms with Crippen LogP contribution in [-0.2, 0) is 4.79 Å². The average molecular weight is 300 g/mol.